The molecule has 0 fully saturated rings. The van der Waals surface area contributed by atoms with E-state index in [1.54, 1.807) is 0 Å². The lowest BCUT2D eigenvalue weighted by molar-refractivity contribution is -0.137. The summed E-state index contributed by atoms with van der Waals surface area (Å²) in [5.74, 6) is -2.28. The number of hydrogen-bond donors (Lipinski definition) is 4. The zero-order valence-corrected chi connectivity index (χ0v) is 18.7. The van der Waals surface area contributed by atoms with E-state index in [9.17, 15) is 19.2 Å². The number of aromatic nitrogens is 2. The summed E-state index contributed by atoms with van der Waals surface area (Å²) in [6.07, 6.45) is -1.07. The molecule has 0 radical (unpaired) electrons. The molecule has 0 saturated carbocycles. The molecule has 35 heavy (non-hydrogen) atoms. The number of carboxylic acid groups (broad SMARTS) is 1. The summed E-state index contributed by atoms with van der Waals surface area (Å²) in [6, 6.07) is 14.7. The largest absolute Gasteiger partial charge is 0.481 e. The smallest absolute Gasteiger partial charge is 0.438 e. The van der Waals surface area contributed by atoms with Crippen LogP contribution in [-0.2, 0) is 20.7 Å². The summed E-state index contributed by atoms with van der Waals surface area (Å²) in [5.41, 5.74) is 4.27. The van der Waals surface area contributed by atoms with Crippen LogP contribution in [0.25, 0.3) is 11.1 Å². The van der Waals surface area contributed by atoms with Gasteiger partial charge in [0.1, 0.15) is 12.6 Å². The average molecular weight is 480 g/mol. The number of carbonyl (C=O) groups is 3. The topological polar surface area (TPSA) is 164 Å². The molecule has 1 aliphatic rings. The Kier molecular flexibility index (Phi) is 7.24. The molecule has 2 aromatic carbocycles. The highest BCUT2D eigenvalue weighted by molar-refractivity contribution is 5.86. The first-order valence-corrected chi connectivity index (χ1v) is 11.1. The predicted molar refractivity (Wildman–Crippen MR) is 123 cm³/mol. The van der Waals surface area contributed by atoms with Crippen molar-refractivity contribution in [1.29, 1.82) is 0 Å². The molecule has 1 unspecified atom stereocenters. The number of hydrogen-bond acceptors (Lipinski definition) is 7. The minimum absolute atomic E-state index is 0.0622. The number of aromatic amines is 1. The number of carbonyl (C=O) groups excluding carboxylic acids is 2. The second-order valence-corrected chi connectivity index (χ2v) is 8.04. The average Bonchev–Trinajstić information content (AvgIpc) is 3.41. The molecule has 0 aliphatic heterocycles. The molecule has 0 spiro atoms. The van der Waals surface area contributed by atoms with Gasteiger partial charge in [-0.2, -0.15) is 0 Å². The zero-order chi connectivity index (χ0) is 24.8. The summed E-state index contributed by atoms with van der Waals surface area (Å²) in [6.45, 7) is 0.157. The lowest BCUT2D eigenvalue weighted by atomic mass is 9.98. The van der Waals surface area contributed by atoms with E-state index in [0.29, 0.717) is 0 Å². The van der Waals surface area contributed by atoms with Gasteiger partial charge in [-0.1, -0.05) is 53.7 Å². The Bertz CT molecular complexity index is 1240. The van der Waals surface area contributed by atoms with Crippen molar-refractivity contribution in [2.45, 2.75) is 31.2 Å². The van der Waals surface area contributed by atoms with Crippen LogP contribution in [0.2, 0.25) is 0 Å². The molecule has 1 heterocycles. The normalized spacial score (nSPS) is 12.9. The number of benzene rings is 2. The van der Waals surface area contributed by atoms with Gasteiger partial charge < -0.3 is 20.5 Å². The Balaban J connectivity index is 1.35. The van der Waals surface area contributed by atoms with Crippen molar-refractivity contribution in [1.82, 2.24) is 20.8 Å². The lowest BCUT2D eigenvalue weighted by Gasteiger charge is -2.19. The van der Waals surface area contributed by atoms with Gasteiger partial charge in [-0.25, -0.2) is 9.59 Å². The van der Waals surface area contributed by atoms with Crippen LogP contribution in [-0.4, -0.2) is 52.4 Å². The van der Waals surface area contributed by atoms with E-state index in [2.05, 4.69) is 25.3 Å². The predicted octanol–water partition coefficient (Wildman–Crippen LogP) is 1.79. The number of nitrogens with zero attached hydrogens (tertiary/aromatic N) is 1. The molecule has 1 aromatic heterocycles. The lowest BCUT2D eigenvalue weighted by Crippen LogP contribution is -2.47. The number of aliphatic carboxylic acids is 1. The highest BCUT2D eigenvalue weighted by Gasteiger charge is 2.30. The van der Waals surface area contributed by atoms with Crippen molar-refractivity contribution in [2.75, 3.05) is 13.2 Å². The quantitative estimate of drug-likeness (QED) is 0.341. The Morgan fingerprint density at radius 3 is 2.34 bits per heavy atom. The maximum Gasteiger partial charge on any atom is 0.438 e. The van der Waals surface area contributed by atoms with Crippen LogP contribution < -0.4 is 16.4 Å². The second kappa shape index (κ2) is 10.7. The Labute approximate surface area is 199 Å². The summed E-state index contributed by atoms with van der Waals surface area (Å²) < 4.78 is 9.85. The van der Waals surface area contributed by atoms with E-state index in [4.69, 9.17) is 9.84 Å². The van der Waals surface area contributed by atoms with Gasteiger partial charge in [-0.15, -0.1) is 0 Å². The highest BCUT2D eigenvalue weighted by atomic mass is 16.5. The second-order valence-electron chi connectivity index (χ2n) is 8.04. The van der Waals surface area contributed by atoms with Gasteiger partial charge in [0.2, 0.25) is 5.91 Å². The molecule has 0 saturated heterocycles. The number of amides is 2. The number of rotatable bonds is 10. The molecule has 1 aliphatic carbocycles. The fourth-order valence-corrected chi connectivity index (χ4v) is 4.11. The minimum Gasteiger partial charge on any atom is -0.481 e. The summed E-state index contributed by atoms with van der Waals surface area (Å²) >= 11 is 0. The minimum atomic E-state index is -1.11. The zero-order valence-electron chi connectivity index (χ0n) is 18.7. The molecule has 11 heteroatoms. The van der Waals surface area contributed by atoms with E-state index >= 15 is 0 Å². The molecule has 4 N–H and O–H groups in total. The number of nitrogens with one attached hydrogen (secondary N) is 3. The Morgan fingerprint density at radius 1 is 1.09 bits per heavy atom. The third-order valence-corrected chi connectivity index (χ3v) is 5.75. The number of alkyl carbamates (subject to hydrolysis) is 1. The van der Waals surface area contributed by atoms with Gasteiger partial charge in [0, 0.05) is 25.3 Å². The van der Waals surface area contributed by atoms with Crippen molar-refractivity contribution >= 4 is 18.0 Å². The molecule has 182 valence electrons. The van der Waals surface area contributed by atoms with Gasteiger partial charge in [0.15, 0.2) is 5.82 Å². The summed E-state index contributed by atoms with van der Waals surface area (Å²) in [7, 11) is 0. The standard InChI is InChI=1S/C24H24N4O7/c29-21(30)10-9-19(22(31)25-12-11-20-27-24(33)35-28-20)26-23(32)34-13-18-16-7-3-1-5-14(16)15-6-2-4-8-17(15)18/h1-8,18-19H,9-13H2,(H,25,31)(H,26,32)(H,29,30)(H,27,28,33). The maximum atomic E-state index is 12.6. The van der Waals surface area contributed by atoms with Crippen LogP contribution in [0, 0.1) is 0 Å². The van der Waals surface area contributed by atoms with E-state index < -0.39 is 29.8 Å². The molecular weight excluding hydrogens is 456 g/mol. The third-order valence-electron chi connectivity index (χ3n) is 5.75. The highest BCUT2D eigenvalue weighted by Crippen LogP contribution is 2.44. The van der Waals surface area contributed by atoms with E-state index in [0.717, 1.165) is 22.3 Å². The monoisotopic (exact) mass is 480 g/mol. The van der Waals surface area contributed by atoms with Gasteiger partial charge in [-0.05, 0) is 28.7 Å². The van der Waals surface area contributed by atoms with Gasteiger partial charge in [0.25, 0.3) is 0 Å². The fraction of sp³-hybridized carbons (Fsp3) is 0.292. The summed E-state index contributed by atoms with van der Waals surface area (Å²) in [4.78, 5) is 49.5. The van der Waals surface area contributed by atoms with Gasteiger partial charge >= 0.3 is 17.8 Å². The van der Waals surface area contributed by atoms with Crippen molar-refractivity contribution < 1.29 is 28.8 Å². The SMILES string of the molecule is O=C(O)CCC(NC(=O)OCC1c2ccccc2-c2ccccc21)C(=O)NCCc1noc(=O)[nH]1. The molecule has 11 nitrogen and oxygen atoms in total. The van der Waals surface area contributed by atoms with Crippen molar-refractivity contribution in [3.63, 3.8) is 0 Å². The molecule has 3 aromatic rings. The van der Waals surface area contributed by atoms with Gasteiger partial charge in [-0.3, -0.25) is 19.1 Å². The van der Waals surface area contributed by atoms with Crippen LogP contribution in [0.1, 0.15) is 35.7 Å². The van der Waals surface area contributed by atoms with Crippen molar-refractivity contribution in [3.05, 3.63) is 76.0 Å². The Hall–Kier alpha value is -4.41. The summed E-state index contributed by atoms with van der Waals surface area (Å²) in [5, 5.41) is 17.6. The maximum absolute atomic E-state index is 12.6. The van der Waals surface area contributed by atoms with Crippen LogP contribution in [0.5, 0.6) is 0 Å². The van der Waals surface area contributed by atoms with Crippen LogP contribution in [0.3, 0.4) is 0 Å². The van der Waals surface area contributed by atoms with E-state index in [1.807, 2.05) is 48.5 Å². The van der Waals surface area contributed by atoms with Crippen LogP contribution >= 0.6 is 0 Å². The molecule has 2 amide bonds. The third kappa shape index (κ3) is 5.75. The molecule has 4 rings (SSSR count). The number of carboxylic acids is 1. The molecular formula is C24H24N4O7. The number of fused-ring (bicyclic) bond motifs is 3. The van der Waals surface area contributed by atoms with Crippen molar-refractivity contribution in [2.24, 2.45) is 0 Å². The molecule has 1 atom stereocenters. The first kappa shape index (κ1) is 23.7. The van der Waals surface area contributed by atoms with Crippen molar-refractivity contribution in [3.8, 4) is 11.1 Å². The van der Waals surface area contributed by atoms with Crippen LogP contribution in [0.15, 0.2) is 57.8 Å². The molecule has 0 bridgehead atoms. The van der Waals surface area contributed by atoms with E-state index in [1.165, 1.54) is 0 Å². The Morgan fingerprint density at radius 2 is 1.74 bits per heavy atom. The first-order valence-electron chi connectivity index (χ1n) is 11.1. The van der Waals surface area contributed by atoms with E-state index in [-0.39, 0.29) is 44.2 Å². The van der Waals surface area contributed by atoms with Crippen LogP contribution in [0.4, 0.5) is 4.79 Å². The number of ether oxygens (including phenoxy) is 1. The van der Waals surface area contributed by atoms with Gasteiger partial charge in [0.05, 0.1) is 0 Å². The number of H-pyrrole nitrogens is 1. The fourth-order valence-electron chi connectivity index (χ4n) is 4.11. The first-order chi connectivity index (χ1) is 16.9.